The molecule has 0 saturated carbocycles. The summed E-state index contributed by atoms with van der Waals surface area (Å²) in [6.45, 7) is 5.31. The maximum absolute atomic E-state index is 4.68. The minimum atomic E-state index is 0.493. The highest BCUT2D eigenvalue weighted by Crippen LogP contribution is 2.27. The molecule has 2 rings (SSSR count). The molecule has 3 heteroatoms. The summed E-state index contributed by atoms with van der Waals surface area (Å²) in [5.41, 5.74) is 4.24. The zero-order valence-electron chi connectivity index (χ0n) is 9.30. The van der Waals surface area contributed by atoms with Gasteiger partial charge in [0.15, 0.2) is 0 Å². The van der Waals surface area contributed by atoms with Crippen LogP contribution in [-0.4, -0.2) is 16.8 Å². The molecule has 0 aliphatic heterocycles. The fraction of sp³-hybridized carbons (Fsp3) is 0.727. The highest BCUT2D eigenvalue weighted by molar-refractivity contribution is 5.30. The van der Waals surface area contributed by atoms with Gasteiger partial charge in [-0.05, 0) is 45.7 Å². The van der Waals surface area contributed by atoms with Crippen molar-refractivity contribution in [3.05, 3.63) is 17.0 Å². The number of nitrogens with one attached hydrogen (secondary N) is 1. The highest BCUT2D eigenvalue weighted by atomic mass is 15.3. The number of nitrogens with zero attached hydrogens (tertiary/aromatic N) is 2. The molecule has 0 atom stereocenters. The van der Waals surface area contributed by atoms with E-state index in [2.05, 4.69) is 28.9 Å². The first-order valence-electron chi connectivity index (χ1n) is 5.47. The van der Waals surface area contributed by atoms with Crippen LogP contribution in [0.5, 0.6) is 0 Å². The van der Waals surface area contributed by atoms with Gasteiger partial charge in [-0.15, -0.1) is 0 Å². The zero-order chi connectivity index (χ0) is 10.1. The highest BCUT2D eigenvalue weighted by Gasteiger charge is 2.22. The van der Waals surface area contributed by atoms with Crippen molar-refractivity contribution in [2.75, 3.05) is 7.05 Å². The van der Waals surface area contributed by atoms with Gasteiger partial charge in [0.2, 0.25) is 0 Å². The summed E-state index contributed by atoms with van der Waals surface area (Å²) in [7, 11) is 1.98. The number of aromatic nitrogens is 2. The maximum atomic E-state index is 4.68. The van der Waals surface area contributed by atoms with E-state index in [1.807, 2.05) is 7.05 Å². The smallest absolute Gasteiger partial charge is 0.0797 e. The van der Waals surface area contributed by atoms with Gasteiger partial charge in [-0.1, -0.05) is 0 Å². The summed E-state index contributed by atoms with van der Waals surface area (Å²) in [5, 5.41) is 7.87. The molecule has 0 unspecified atom stereocenters. The average molecular weight is 193 g/mol. The molecule has 1 aromatic rings. The molecule has 0 spiro atoms. The predicted octanol–water partition coefficient (Wildman–Crippen LogP) is 1.67. The number of fused-ring (bicyclic) bond motifs is 1. The lowest BCUT2D eigenvalue weighted by Crippen LogP contribution is -2.10. The lowest BCUT2D eigenvalue weighted by Gasteiger charge is -2.08. The Morgan fingerprint density at radius 2 is 2.21 bits per heavy atom. The van der Waals surface area contributed by atoms with E-state index in [1.54, 1.807) is 0 Å². The van der Waals surface area contributed by atoms with Crippen LogP contribution in [-0.2, 0) is 19.4 Å². The molecular weight excluding hydrogens is 174 g/mol. The monoisotopic (exact) mass is 193 g/mol. The molecule has 0 aromatic carbocycles. The normalized spacial score (nSPS) is 15.1. The van der Waals surface area contributed by atoms with Gasteiger partial charge < -0.3 is 5.32 Å². The minimum Gasteiger partial charge on any atom is -0.314 e. The van der Waals surface area contributed by atoms with Crippen LogP contribution in [0.15, 0.2) is 0 Å². The molecule has 0 saturated heterocycles. The second-order valence-corrected chi connectivity index (χ2v) is 4.29. The Hall–Kier alpha value is -0.830. The number of hydrogen-bond acceptors (Lipinski definition) is 2. The van der Waals surface area contributed by atoms with Crippen LogP contribution in [0.25, 0.3) is 0 Å². The summed E-state index contributed by atoms with van der Waals surface area (Å²) in [5.74, 6) is 0. The molecule has 0 amide bonds. The van der Waals surface area contributed by atoms with Crippen LogP contribution < -0.4 is 5.32 Å². The third-order valence-electron chi connectivity index (χ3n) is 2.88. The first-order valence-corrected chi connectivity index (χ1v) is 5.47. The molecule has 0 fully saturated rings. The van der Waals surface area contributed by atoms with Gasteiger partial charge in [0.05, 0.1) is 5.69 Å². The Kier molecular flexibility index (Phi) is 2.59. The van der Waals surface area contributed by atoms with Crippen LogP contribution in [0.4, 0.5) is 0 Å². The standard InChI is InChI=1S/C11H19N3/c1-8(2)14-11-6-4-5-9(11)10(13-14)7-12-3/h8,12H,4-7H2,1-3H3. The molecule has 0 radical (unpaired) electrons. The van der Waals surface area contributed by atoms with Crippen molar-refractivity contribution in [2.45, 2.75) is 45.7 Å². The first kappa shape index (κ1) is 9.71. The molecular formula is C11H19N3. The maximum Gasteiger partial charge on any atom is 0.0797 e. The van der Waals surface area contributed by atoms with E-state index in [-0.39, 0.29) is 0 Å². The molecule has 14 heavy (non-hydrogen) atoms. The predicted molar refractivity (Wildman–Crippen MR) is 57.4 cm³/mol. The third-order valence-corrected chi connectivity index (χ3v) is 2.88. The average Bonchev–Trinajstić information content (AvgIpc) is 2.67. The van der Waals surface area contributed by atoms with Crippen LogP contribution in [0.1, 0.15) is 43.3 Å². The Morgan fingerprint density at radius 1 is 1.43 bits per heavy atom. The van der Waals surface area contributed by atoms with Gasteiger partial charge in [-0.3, -0.25) is 4.68 Å². The van der Waals surface area contributed by atoms with Crippen molar-refractivity contribution in [1.82, 2.24) is 15.1 Å². The topological polar surface area (TPSA) is 29.9 Å². The lowest BCUT2D eigenvalue weighted by atomic mass is 10.2. The van der Waals surface area contributed by atoms with Crippen molar-refractivity contribution >= 4 is 0 Å². The second-order valence-electron chi connectivity index (χ2n) is 4.29. The van der Waals surface area contributed by atoms with E-state index < -0.39 is 0 Å². The van der Waals surface area contributed by atoms with Crippen molar-refractivity contribution in [2.24, 2.45) is 0 Å². The van der Waals surface area contributed by atoms with E-state index in [9.17, 15) is 0 Å². The van der Waals surface area contributed by atoms with Crippen LogP contribution >= 0.6 is 0 Å². The molecule has 1 heterocycles. The van der Waals surface area contributed by atoms with Crippen LogP contribution in [0.2, 0.25) is 0 Å². The number of hydrogen-bond donors (Lipinski definition) is 1. The molecule has 1 N–H and O–H groups in total. The minimum absolute atomic E-state index is 0.493. The van der Waals surface area contributed by atoms with E-state index in [4.69, 9.17) is 0 Å². The zero-order valence-corrected chi connectivity index (χ0v) is 9.30. The van der Waals surface area contributed by atoms with Gasteiger partial charge in [0, 0.05) is 18.3 Å². The Bertz CT molecular complexity index is 326. The van der Waals surface area contributed by atoms with Gasteiger partial charge in [0.1, 0.15) is 0 Å². The molecule has 1 aliphatic carbocycles. The Morgan fingerprint density at radius 3 is 2.86 bits per heavy atom. The van der Waals surface area contributed by atoms with E-state index in [0.717, 1.165) is 6.54 Å². The summed E-state index contributed by atoms with van der Waals surface area (Å²) in [6.07, 6.45) is 3.74. The van der Waals surface area contributed by atoms with Crippen molar-refractivity contribution in [3.63, 3.8) is 0 Å². The molecule has 1 aliphatic rings. The third kappa shape index (κ3) is 1.46. The van der Waals surface area contributed by atoms with Gasteiger partial charge in [0.25, 0.3) is 0 Å². The fourth-order valence-electron chi connectivity index (χ4n) is 2.28. The molecule has 1 aromatic heterocycles. The quantitative estimate of drug-likeness (QED) is 0.791. The summed E-state index contributed by atoms with van der Waals surface area (Å²) >= 11 is 0. The van der Waals surface area contributed by atoms with E-state index >= 15 is 0 Å². The Labute approximate surface area is 85.5 Å². The number of rotatable bonds is 3. The van der Waals surface area contributed by atoms with Crippen LogP contribution in [0.3, 0.4) is 0 Å². The Balaban J connectivity index is 2.39. The van der Waals surface area contributed by atoms with E-state index in [1.165, 1.54) is 36.2 Å². The van der Waals surface area contributed by atoms with Crippen LogP contribution in [0, 0.1) is 0 Å². The SMILES string of the molecule is CNCc1nn(C(C)C)c2c1CCC2. The van der Waals surface area contributed by atoms with Gasteiger partial charge in [-0.25, -0.2) is 0 Å². The first-order chi connectivity index (χ1) is 6.74. The summed E-state index contributed by atoms with van der Waals surface area (Å²) in [6, 6.07) is 0.493. The van der Waals surface area contributed by atoms with Gasteiger partial charge in [-0.2, -0.15) is 5.10 Å². The second kappa shape index (κ2) is 3.73. The van der Waals surface area contributed by atoms with E-state index in [0.29, 0.717) is 6.04 Å². The van der Waals surface area contributed by atoms with Crippen molar-refractivity contribution in [1.29, 1.82) is 0 Å². The summed E-state index contributed by atoms with van der Waals surface area (Å²) < 4.78 is 2.20. The van der Waals surface area contributed by atoms with Crippen molar-refractivity contribution in [3.8, 4) is 0 Å². The van der Waals surface area contributed by atoms with Gasteiger partial charge >= 0.3 is 0 Å². The summed E-state index contributed by atoms with van der Waals surface area (Å²) in [4.78, 5) is 0. The van der Waals surface area contributed by atoms with Crippen molar-refractivity contribution < 1.29 is 0 Å². The fourth-order valence-corrected chi connectivity index (χ4v) is 2.28. The largest absolute Gasteiger partial charge is 0.314 e. The molecule has 3 nitrogen and oxygen atoms in total. The lowest BCUT2D eigenvalue weighted by molar-refractivity contribution is 0.503. The molecule has 78 valence electrons. The molecule has 0 bridgehead atoms.